The molecule has 1 fully saturated rings. The van der Waals surface area contributed by atoms with Gasteiger partial charge in [-0.05, 0) is 36.4 Å². The maximum atomic E-state index is 13.0. The van der Waals surface area contributed by atoms with E-state index in [0.29, 0.717) is 22.3 Å². The zero-order valence-corrected chi connectivity index (χ0v) is 15.8. The summed E-state index contributed by atoms with van der Waals surface area (Å²) in [6.45, 7) is 3.99. The molecule has 7 heteroatoms. The molecule has 0 amide bonds. The molecule has 2 aromatic rings. The van der Waals surface area contributed by atoms with Gasteiger partial charge < -0.3 is 14.7 Å². The van der Waals surface area contributed by atoms with E-state index >= 15 is 0 Å². The Labute approximate surface area is 162 Å². The minimum atomic E-state index is -0.623. The molecule has 3 rings (SSSR count). The predicted octanol–water partition coefficient (Wildman–Crippen LogP) is 3.69. The zero-order chi connectivity index (χ0) is 18.5. The summed E-state index contributed by atoms with van der Waals surface area (Å²) in [5, 5.41) is 11.2. The van der Waals surface area contributed by atoms with Crippen LogP contribution in [-0.4, -0.2) is 55.4 Å². The van der Waals surface area contributed by atoms with Crippen LogP contribution in [0, 0.1) is 5.82 Å². The number of benzene rings is 2. The Balaban J connectivity index is 1.43. The number of ether oxygens (including phenoxy) is 1. The van der Waals surface area contributed by atoms with Crippen molar-refractivity contribution in [3.05, 3.63) is 58.3 Å². The molecular weight excluding hydrogens is 378 g/mol. The predicted molar refractivity (Wildman–Crippen MR) is 103 cm³/mol. The van der Waals surface area contributed by atoms with E-state index in [1.807, 2.05) is 0 Å². The highest BCUT2D eigenvalue weighted by Crippen LogP contribution is 2.27. The molecule has 0 spiro atoms. The second-order valence-corrected chi connectivity index (χ2v) is 7.15. The molecule has 0 bridgehead atoms. The number of hydrogen-bond donors (Lipinski definition) is 1. The lowest BCUT2D eigenvalue weighted by molar-refractivity contribution is 0.0663. The van der Waals surface area contributed by atoms with Gasteiger partial charge in [0.25, 0.3) is 0 Å². The van der Waals surface area contributed by atoms with E-state index in [4.69, 9.17) is 27.9 Å². The monoisotopic (exact) mass is 398 g/mol. The fourth-order valence-electron chi connectivity index (χ4n) is 2.97. The van der Waals surface area contributed by atoms with Crippen LogP contribution < -0.4 is 9.64 Å². The number of aliphatic hydroxyl groups is 1. The van der Waals surface area contributed by atoms with Gasteiger partial charge in [0.1, 0.15) is 24.3 Å². The van der Waals surface area contributed by atoms with Crippen LogP contribution in [-0.2, 0) is 0 Å². The highest BCUT2D eigenvalue weighted by atomic mass is 35.5. The lowest BCUT2D eigenvalue weighted by atomic mass is 10.2. The summed E-state index contributed by atoms with van der Waals surface area (Å²) < 4.78 is 18.6. The van der Waals surface area contributed by atoms with Gasteiger partial charge in [-0.15, -0.1) is 0 Å². The van der Waals surface area contributed by atoms with Gasteiger partial charge >= 0.3 is 0 Å². The van der Waals surface area contributed by atoms with Gasteiger partial charge in [0.2, 0.25) is 0 Å². The van der Waals surface area contributed by atoms with E-state index in [9.17, 15) is 9.50 Å². The number of anilines is 1. The maximum Gasteiger partial charge on any atom is 0.139 e. The van der Waals surface area contributed by atoms with Gasteiger partial charge in [0.15, 0.2) is 0 Å². The fourth-order valence-corrected chi connectivity index (χ4v) is 3.30. The third-order valence-electron chi connectivity index (χ3n) is 4.36. The lowest BCUT2D eigenvalue weighted by Gasteiger charge is -2.36. The van der Waals surface area contributed by atoms with Crippen molar-refractivity contribution in [2.75, 3.05) is 44.2 Å². The Kier molecular flexibility index (Phi) is 6.59. The zero-order valence-electron chi connectivity index (χ0n) is 14.2. The highest BCUT2D eigenvalue weighted by molar-refractivity contribution is 6.34. The Morgan fingerprint density at radius 3 is 2.42 bits per heavy atom. The van der Waals surface area contributed by atoms with Gasteiger partial charge in [-0.2, -0.15) is 0 Å². The topological polar surface area (TPSA) is 35.9 Å². The van der Waals surface area contributed by atoms with Gasteiger partial charge in [-0.25, -0.2) is 4.39 Å². The summed E-state index contributed by atoms with van der Waals surface area (Å²) in [7, 11) is 0. The van der Waals surface area contributed by atoms with E-state index in [-0.39, 0.29) is 12.4 Å². The fraction of sp³-hybridized carbons (Fsp3) is 0.368. The summed E-state index contributed by atoms with van der Waals surface area (Å²) in [5.74, 6) is 0.245. The minimum Gasteiger partial charge on any atom is -0.489 e. The van der Waals surface area contributed by atoms with Crippen molar-refractivity contribution in [3.8, 4) is 5.75 Å². The van der Waals surface area contributed by atoms with E-state index in [1.165, 1.54) is 12.1 Å². The average molecular weight is 399 g/mol. The van der Waals surface area contributed by atoms with Gasteiger partial charge in [-0.1, -0.05) is 23.2 Å². The van der Waals surface area contributed by atoms with Crippen LogP contribution in [0.15, 0.2) is 42.5 Å². The molecule has 2 aromatic carbocycles. The minimum absolute atomic E-state index is 0.151. The first kappa shape index (κ1) is 19.2. The van der Waals surface area contributed by atoms with E-state index in [0.717, 1.165) is 31.9 Å². The summed E-state index contributed by atoms with van der Waals surface area (Å²) in [6, 6.07) is 11.5. The first-order valence-electron chi connectivity index (χ1n) is 8.50. The number of nitrogens with zero attached hydrogens (tertiary/aromatic N) is 2. The molecule has 0 radical (unpaired) electrons. The smallest absolute Gasteiger partial charge is 0.139 e. The summed E-state index contributed by atoms with van der Waals surface area (Å²) in [5.41, 5.74) is 1.02. The number of β-amino-alcohol motifs (C(OH)–C–C–N with tert-alkyl or cyclic N) is 1. The Morgan fingerprint density at radius 1 is 1.04 bits per heavy atom. The Bertz CT molecular complexity index is 722. The van der Waals surface area contributed by atoms with Crippen molar-refractivity contribution in [3.63, 3.8) is 0 Å². The van der Waals surface area contributed by atoms with E-state index in [2.05, 4.69) is 9.80 Å². The van der Waals surface area contributed by atoms with Crippen LogP contribution in [0.4, 0.5) is 10.1 Å². The van der Waals surface area contributed by atoms with Crippen LogP contribution in [0.25, 0.3) is 0 Å². The summed E-state index contributed by atoms with van der Waals surface area (Å²) in [4.78, 5) is 4.40. The molecule has 1 unspecified atom stereocenters. The van der Waals surface area contributed by atoms with Crippen molar-refractivity contribution in [2.24, 2.45) is 0 Å². The lowest BCUT2D eigenvalue weighted by Crippen LogP contribution is -2.49. The molecule has 140 valence electrons. The van der Waals surface area contributed by atoms with Crippen LogP contribution in [0.5, 0.6) is 5.75 Å². The van der Waals surface area contributed by atoms with Crippen LogP contribution in [0.2, 0.25) is 10.0 Å². The summed E-state index contributed by atoms with van der Waals surface area (Å²) >= 11 is 12.0. The summed E-state index contributed by atoms with van der Waals surface area (Å²) in [6.07, 6.45) is -0.623. The van der Waals surface area contributed by atoms with Crippen LogP contribution in [0.1, 0.15) is 0 Å². The molecule has 0 saturated carbocycles. The van der Waals surface area contributed by atoms with E-state index in [1.54, 1.807) is 30.3 Å². The third-order valence-corrected chi connectivity index (χ3v) is 4.90. The first-order chi connectivity index (χ1) is 12.5. The van der Waals surface area contributed by atoms with Gasteiger partial charge in [0, 0.05) is 49.5 Å². The van der Waals surface area contributed by atoms with Gasteiger partial charge in [-0.3, -0.25) is 4.90 Å². The molecule has 4 nitrogen and oxygen atoms in total. The number of rotatable bonds is 6. The Morgan fingerprint density at radius 2 is 1.73 bits per heavy atom. The number of piperazine rings is 1. The maximum absolute atomic E-state index is 13.0. The van der Waals surface area contributed by atoms with Crippen LogP contribution in [0.3, 0.4) is 0 Å². The average Bonchev–Trinajstić information content (AvgIpc) is 2.64. The highest BCUT2D eigenvalue weighted by Gasteiger charge is 2.20. The molecule has 1 atom stereocenters. The quantitative estimate of drug-likeness (QED) is 0.804. The number of halogens is 3. The molecule has 1 heterocycles. The normalized spacial score (nSPS) is 16.5. The molecule has 26 heavy (non-hydrogen) atoms. The SMILES string of the molecule is OC(COc1cc(Cl)ccc1Cl)CN1CCN(c2ccc(F)cc2)CC1. The van der Waals surface area contributed by atoms with Crippen molar-refractivity contribution >= 4 is 28.9 Å². The molecule has 1 N–H and O–H groups in total. The first-order valence-corrected chi connectivity index (χ1v) is 9.25. The standard InChI is InChI=1S/C19H21Cl2FN2O2/c20-14-1-6-18(21)19(11-14)26-13-17(25)12-23-7-9-24(10-8-23)16-4-2-15(22)3-5-16/h1-6,11,17,25H,7-10,12-13H2. The van der Waals surface area contributed by atoms with Crippen molar-refractivity contribution in [1.82, 2.24) is 4.90 Å². The van der Waals surface area contributed by atoms with Gasteiger partial charge in [0.05, 0.1) is 5.02 Å². The number of aliphatic hydroxyl groups excluding tert-OH is 1. The third kappa shape index (κ3) is 5.24. The molecule has 1 aliphatic heterocycles. The van der Waals surface area contributed by atoms with Crippen molar-refractivity contribution in [2.45, 2.75) is 6.10 Å². The largest absolute Gasteiger partial charge is 0.489 e. The molecule has 0 aromatic heterocycles. The van der Waals surface area contributed by atoms with Crippen molar-refractivity contribution in [1.29, 1.82) is 0 Å². The second kappa shape index (κ2) is 8.91. The number of hydrogen-bond acceptors (Lipinski definition) is 4. The molecule has 1 aliphatic rings. The molecular formula is C19H21Cl2FN2O2. The van der Waals surface area contributed by atoms with E-state index < -0.39 is 6.10 Å². The second-order valence-electron chi connectivity index (χ2n) is 6.30. The molecule has 0 aliphatic carbocycles. The molecule has 1 saturated heterocycles. The van der Waals surface area contributed by atoms with Crippen LogP contribution >= 0.6 is 23.2 Å². The Hall–Kier alpha value is -1.53. The van der Waals surface area contributed by atoms with Crippen molar-refractivity contribution < 1.29 is 14.2 Å².